The lowest BCUT2D eigenvalue weighted by Crippen LogP contribution is -2.40. The number of nitrogens with zero attached hydrogens (tertiary/aromatic N) is 1. The van der Waals surface area contributed by atoms with Gasteiger partial charge in [0.15, 0.2) is 0 Å². The van der Waals surface area contributed by atoms with Gasteiger partial charge in [0.25, 0.3) is 0 Å². The Morgan fingerprint density at radius 1 is 1.32 bits per heavy atom. The van der Waals surface area contributed by atoms with Crippen LogP contribution in [0.15, 0.2) is 24.3 Å². The first kappa shape index (κ1) is 16.3. The van der Waals surface area contributed by atoms with Gasteiger partial charge in [0, 0.05) is 19.1 Å². The van der Waals surface area contributed by atoms with Crippen LogP contribution in [0.3, 0.4) is 0 Å². The van der Waals surface area contributed by atoms with E-state index in [1.165, 1.54) is 18.4 Å². The molecule has 0 amide bonds. The molecule has 1 aliphatic carbocycles. The molecule has 0 spiro atoms. The van der Waals surface area contributed by atoms with Gasteiger partial charge in [-0.25, -0.2) is 0 Å². The van der Waals surface area contributed by atoms with Crippen LogP contribution >= 0.6 is 12.4 Å². The van der Waals surface area contributed by atoms with E-state index < -0.39 is 0 Å². The van der Waals surface area contributed by atoms with E-state index in [4.69, 9.17) is 10.5 Å². The van der Waals surface area contributed by atoms with Crippen molar-refractivity contribution in [3.8, 4) is 5.75 Å². The summed E-state index contributed by atoms with van der Waals surface area (Å²) in [5, 5.41) is 0. The molecular weight excluding hydrogens is 260 g/mol. The molecule has 2 N–H and O–H groups in total. The molecule has 0 bridgehead atoms. The van der Waals surface area contributed by atoms with E-state index in [0.29, 0.717) is 6.04 Å². The van der Waals surface area contributed by atoms with Gasteiger partial charge in [-0.1, -0.05) is 12.1 Å². The normalized spacial score (nSPS) is 16.0. The number of hydrogen-bond donors (Lipinski definition) is 1. The zero-order chi connectivity index (χ0) is 13.0. The van der Waals surface area contributed by atoms with Crippen LogP contribution in [0.1, 0.15) is 18.4 Å². The molecule has 0 heterocycles. The number of ether oxygens (including phenoxy) is 1. The Bertz CT molecular complexity index is 365. The van der Waals surface area contributed by atoms with Gasteiger partial charge < -0.3 is 15.4 Å². The highest BCUT2D eigenvalue weighted by atomic mass is 35.5. The summed E-state index contributed by atoms with van der Waals surface area (Å²) in [6, 6.07) is 8.90. The number of nitrogens with two attached hydrogens (primary N) is 1. The number of benzene rings is 1. The van der Waals surface area contributed by atoms with Crippen LogP contribution in [0, 0.1) is 5.92 Å². The number of likely N-dealkylation sites (N-methyl/N-ethyl adjacent to an activating group) is 1. The van der Waals surface area contributed by atoms with E-state index in [-0.39, 0.29) is 12.4 Å². The van der Waals surface area contributed by atoms with Gasteiger partial charge in [0.2, 0.25) is 0 Å². The van der Waals surface area contributed by atoms with Crippen LogP contribution in [0.25, 0.3) is 0 Å². The largest absolute Gasteiger partial charge is 0.497 e. The molecule has 0 aromatic heterocycles. The molecule has 0 aliphatic heterocycles. The number of halogens is 1. The summed E-state index contributed by atoms with van der Waals surface area (Å²) in [7, 11) is 3.89. The Balaban J connectivity index is 0.00000180. The molecule has 19 heavy (non-hydrogen) atoms. The second-order valence-corrected chi connectivity index (χ2v) is 5.22. The lowest BCUT2D eigenvalue weighted by atomic mass is 10.1. The van der Waals surface area contributed by atoms with Crippen LogP contribution in [-0.4, -0.2) is 38.2 Å². The molecule has 1 fully saturated rings. The predicted octanol–water partition coefficient (Wildman–Crippen LogP) is 2.33. The Labute approximate surface area is 122 Å². The molecule has 4 heteroatoms. The molecule has 1 unspecified atom stereocenters. The van der Waals surface area contributed by atoms with Crippen molar-refractivity contribution in [3.63, 3.8) is 0 Å². The molecule has 1 saturated carbocycles. The number of methoxy groups -OCH3 is 1. The van der Waals surface area contributed by atoms with E-state index in [1.54, 1.807) is 7.11 Å². The monoisotopic (exact) mass is 284 g/mol. The topological polar surface area (TPSA) is 38.5 Å². The van der Waals surface area contributed by atoms with E-state index in [9.17, 15) is 0 Å². The van der Waals surface area contributed by atoms with E-state index in [2.05, 4.69) is 24.1 Å². The Kier molecular flexibility index (Phi) is 6.63. The average Bonchev–Trinajstić information content (AvgIpc) is 3.22. The average molecular weight is 285 g/mol. The first-order chi connectivity index (χ1) is 8.74. The predicted molar refractivity (Wildman–Crippen MR) is 82.1 cm³/mol. The first-order valence-electron chi connectivity index (χ1n) is 6.78. The minimum absolute atomic E-state index is 0. The lowest BCUT2D eigenvalue weighted by molar-refractivity contribution is 0.226. The molecule has 108 valence electrons. The van der Waals surface area contributed by atoms with Crippen molar-refractivity contribution in [2.45, 2.75) is 25.3 Å². The summed E-state index contributed by atoms with van der Waals surface area (Å²) in [6.45, 7) is 1.86. The van der Waals surface area contributed by atoms with Crippen molar-refractivity contribution in [2.24, 2.45) is 11.7 Å². The third-order valence-corrected chi connectivity index (χ3v) is 3.89. The molecule has 1 atom stereocenters. The Morgan fingerprint density at radius 2 is 1.95 bits per heavy atom. The van der Waals surface area contributed by atoms with E-state index in [0.717, 1.165) is 31.2 Å². The van der Waals surface area contributed by atoms with Gasteiger partial charge in [-0.15, -0.1) is 12.4 Å². The Morgan fingerprint density at radius 3 is 2.42 bits per heavy atom. The molecule has 0 radical (unpaired) electrons. The van der Waals surface area contributed by atoms with Crippen molar-refractivity contribution in [2.75, 3.05) is 27.2 Å². The fourth-order valence-electron chi connectivity index (χ4n) is 2.48. The van der Waals surface area contributed by atoms with Crippen molar-refractivity contribution >= 4 is 12.4 Å². The SMILES string of the molecule is COc1ccc(CCN(C)C(CN)C2CC2)cc1.Cl. The fourth-order valence-corrected chi connectivity index (χ4v) is 2.48. The van der Waals surface area contributed by atoms with Crippen molar-refractivity contribution < 1.29 is 4.74 Å². The highest BCUT2D eigenvalue weighted by Gasteiger charge is 2.32. The molecule has 2 rings (SSSR count). The van der Waals surface area contributed by atoms with Crippen molar-refractivity contribution in [1.29, 1.82) is 0 Å². The maximum Gasteiger partial charge on any atom is 0.118 e. The van der Waals surface area contributed by atoms with Gasteiger partial charge in [0.1, 0.15) is 5.75 Å². The van der Waals surface area contributed by atoms with Crippen LogP contribution in [0.2, 0.25) is 0 Å². The van der Waals surface area contributed by atoms with Gasteiger partial charge in [-0.05, 0) is 49.9 Å². The molecule has 1 aliphatic rings. The first-order valence-corrected chi connectivity index (χ1v) is 6.78. The summed E-state index contributed by atoms with van der Waals surface area (Å²) >= 11 is 0. The smallest absolute Gasteiger partial charge is 0.118 e. The van der Waals surface area contributed by atoms with Crippen LogP contribution in [-0.2, 0) is 6.42 Å². The summed E-state index contributed by atoms with van der Waals surface area (Å²) in [4.78, 5) is 2.42. The number of rotatable bonds is 7. The molecule has 1 aromatic rings. The Hall–Kier alpha value is -0.770. The van der Waals surface area contributed by atoms with Gasteiger partial charge in [-0.2, -0.15) is 0 Å². The standard InChI is InChI=1S/C15H24N2O.ClH/c1-17(15(11-16)13-5-6-13)10-9-12-3-7-14(18-2)8-4-12;/h3-4,7-8,13,15H,5-6,9-11,16H2,1-2H3;1H. The van der Waals surface area contributed by atoms with E-state index in [1.807, 2.05) is 12.1 Å². The van der Waals surface area contributed by atoms with Gasteiger partial charge in [0.05, 0.1) is 7.11 Å². The van der Waals surface area contributed by atoms with Crippen molar-refractivity contribution in [1.82, 2.24) is 4.90 Å². The third-order valence-electron chi connectivity index (χ3n) is 3.89. The zero-order valence-corrected chi connectivity index (χ0v) is 12.7. The molecule has 3 nitrogen and oxygen atoms in total. The summed E-state index contributed by atoms with van der Waals surface area (Å²) in [6.07, 6.45) is 3.78. The van der Waals surface area contributed by atoms with E-state index >= 15 is 0 Å². The molecular formula is C15H25ClN2O. The van der Waals surface area contributed by atoms with Crippen LogP contribution in [0.4, 0.5) is 0 Å². The maximum atomic E-state index is 5.86. The minimum Gasteiger partial charge on any atom is -0.497 e. The summed E-state index contributed by atoms with van der Waals surface area (Å²) < 4.78 is 5.16. The lowest BCUT2D eigenvalue weighted by Gasteiger charge is -2.26. The summed E-state index contributed by atoms with van der Waals surface area (Å²) in [5.41, 5.74) is 7.22. The second-order valence-electron chi connectivity index (χ2n) is 5.22. The molecule has 0 saturated heterocycles. The van der Waals surface area contributed by atoms with Crippen LogP contribution < -0.4 is 10.5 Å². The number of hydrogen-bond acceptors (Lipinski definition) is 3. The van der Waals surface area contributed by atoms with Crippen molar-refractivity contribution in [3.05, 3.63) is 29.8 Å². The third kappa shape index (κ3) is 4.68. The molecule has 1 aromatic carbocycles. The second kappa shape index (κ2) is 7.73. The summed E-state index contributed by atoms with van der Waals surface area (Å²) in [5.74, 6) is 1.76. The fraction of sp³-hybridized carbons (Fsp3) is 0.600. The maximum absolute atomic E-state index is 5.86. The zero-order valence-electron chi connectivity index (χ0n) is 11.8. The van der Waals surface area contributed by atoms with Crippen LogP contribution in [0.5, 0.6) is 5.75 Å². The highest BCUT2D eigenvalue weighted by Crippen LogP contribution is 2.34. The minimum atomic E-state index is 0. The van der Waals surface area contributed by atoms with Gasteiger partial charge in [-0.3, -0.25) is 0 Å². The van der Waals surface area contributed by atoms with Gasteiger partial charge >= 0.3 is 0 Å². The highest BCUT2D eigenvalue weighted by molar-refractivity contribution is 5.85. The quantitative estimate of drug-likeness (QED) is 0.835.